The van der Waals surface area contributed by atoms with Gasteiger partial charge in [0.25, 0.3) is 11.8 Å². The lowest BCUT2D eigenvalue weighted by atomic mass is 10.1. The molecule has 1 aliphatic heterocycles. The van der Waals surface area contributed by atoms with E-state index in [-0.39, 0.29) is 6.54 Å². The minimum absolute atomic E-state index is 0.123. The van der Waals surface area contributed by atoms with Crippen LogP contribution in [-0.4, -0.2) is 70.3 Å². The van der Waals surface area contributed by atoms with E-state index in [9.17, 15) is 19.8 Å². The van der Waals surface area contributed by atoms with Crippen molar-refractivity contribution in [2.24, 2.45) is 0 Å². The molecule has 3 N–H and O–H groups in total. The number of anilines is 1. The number of hydrogen-bond acceptors (Lipinski definition) is 7. The molecule has 2 amide bonds. The topological polar surface area (TPSA) is 115 Å². The molecule has 0 bridgehead atoms. The van der Waals surface area contributed by atoms with Gasteiger partial charge in [0.1, 0.15) is 12.4 Å². The number of nitrogens with one attached hydrogen (secondary N) is 1. The number of hydrogen-bond donors (Lipinski definition) is 3. The predicted molar refractivity (Wildman–Crippen MR) is 139 cm³/mol. The van der Waals surface area contributed by atoms with Crippen LogP contribution in [0.15, 0.2) is 73.1 Å². The van der Waals surface area contributed by atoms with Crippen LogP contribution in [0.2, 0.25) is 5.02 Å². The summed E-state index contributed by atoms with van der Waals surface area (Å²) in [6.45, 7) is 2.25. The number of nitrogens with zero attached hydrogens (tertiary/aromatic N) is 3. The van der Waals surface area contributed by atoms with E-state index >= 15 is 0 Å². The van der Waals surface area contributed by atoms with E-state index < -0.39 is 24.0 Å². The molecular formula is C27H29ClN4O5. The summed E-state index contributed by atoms with van der Waals surface area (Å²) in [5.74, 6) is -0.840. The van der Waals surface area contributed by atoms with Gasteiger partial charge in [0.05, 0.1) is 10.7 Å². The van der Waals surface area contributed by atoms with Gasteiger partial charge in [0.15, 0.2) is 12.2 Å². The summed E-state index contributed by atoms with van der Waals surface area (Å²) in [7, 11) is 0. The van der Waals surface area contributed by atoms with Crippen molar-refractivity contribution in [1.82, 2.24) is 15.2 Å². The Bertz CT molecular complexity index is 1190. The van der Waals surface area contributed by atoms with Crippen molar-refractivity contribution in [2.75, 3.05) is 31.1 Å². The molecule has 9 nitrogen and oxygen atoms in total. The first-order chi connectivity index (χ1) is 17.9. The zero-order chi connectivity index (χ0) is 26.2. The Morgan fingerprint density at radius 1 is 0.919 bits per heavy atom. The SMILES string of the molecule is O=C(NCc1ccc(OCc2ccncc2)cc1)[C@H](O)[C@@H](O)C(=O)N1CCN(c2ccccc2Cl)CC1. The molecule has 2 aromatic carbocycles. The quantitative estimate of drug-likeness (QED) is 0.392. The average Bonchev–Trinajstić information content (AvgIpc) is 2.95. The lowest BCUT2D eigenvalue weighted by molar-refractivity contribution is -0.153. The fourth-order valence-electron chi connectivity index (χ4n) is 3.98. The third kappa shape index (κ3) is 6.97. The first kappa shape index (κ1) is 26.4. The largest absolute Gasteiger partial charge is 0.489 e. The highest BCUT2D eigenvalue weighted by Crippen LogP contribution is 2.26. The van der Waals surface area contributed by atoms with Gasteiger partial charge in [-0.05, 0) is 47.5 Å². The third-order valence-corrected chi connectivity index (χ3v) is 6.47. The molecular weight excluding hydrogens is 496 g/mol. The van der Waals surface area contributed by atoms with Crippen molar-refractivity contribution in [3.8, 4) is 5.75 Å². The minimum Gasteiger partial charge on any atom is -0.489 e. The fraction of sp³-hybridized carbons (Fsp3) is 0.296. The zero-order valence-corrected chi connectivity index (χ0v) is 20.9. The summed E-state index contributed by atoms with van der Waals surface area (Å²) >= 11 is 6.25. The first-order valence-electron chi connectivity index (χ1n) is 11.9. The molecule has 194 valence electrons. The highest BCUT2D eigenvalue weighted by atomic mass is 35.5. The van der Waals surface area contributed by atoms with Crippen LogP contribution in [0.1, 0.15) is 11.1 Å². The van der Waals surface area contributed by atoms with Crippen LogP contribution < -0.4 is 15.0 Å². The highest BCUT2D eigenvalue weighted by Gasteiger charge is 2.34. The lowest BCUT2D eigenvalue weighted by Gasteiger charge is -2.37. The van der Waals surface area contributed by atoms with Gasteiger partial charge in [0.2, 0.25) is 0 Å². The Kier molecular flexibility index (Phi) is 8.95. The maximum absolute atomic E-state index is 12.7. The summed E-state index contributed by atoms with van der Waals surface area (Å²) in [5, 5.41) is 23.8. The second kappa shape index (κ2) is 12.5. The number of para-hydroxylation sites is 1. The van der Waals surface area contributed by atoms with Crippen molar-refractivity contribution < 1.29 is 24.5 Å². The molecule has 2 atom stereocenters. The van der Waals surface area contributed by atoms with Gasteiger partial charge in [-0.1, -0.05) is 35.9 Å². The lowest BCUT2D eigenvalue weighted by Crippen LogP contribution is -2.55. The third-order valence-electron chi connectivity index (χ3n) is 6.15. The van der Waals surface area contributed by atoms with Crippen LogP contribution in [0, 0.1) is 0 Å². The predicted octanol–water partition coefficient (Wildman–Crippen LogP) is 2.00. The van der Waals surface area contributed by atoms with E-state index in [0.717, 1.165) is 16.8 Å². The van der Waals surface area contributed by atoms with E-state index in [1.807, 2.05) is 30.3 Å². The Balaban J connectivity index is 1.22. The molecule has 1 fully saturated rings. The van der Waals surface area contributed by atoms with Gasteiger partial charge in [-0.2, -0.15) is 0 Å². The van der Waals surface area contributed by atoms with Crippen LogP contribution in [0.25, 0.3) is 0 Å². The van der Waals surface area contributed by atoms with Gasteiger partial charge < -0.3 is 30.1 Å². The number of carbonyl (C=O) groups excluding carboxylic acids is 2. The molecule has 4 rings (SSSR count). The van der Waals surface area contributed by atoms with Crippen molar-refractivity contribution in [3.05, 3.63) is 89.2 Å². The van der Waals surface area contributed by atoms with E-state index in [1.165, 1.54) is 4.90 Å². The molecule has 0 aliphatic carbocycles. The zero-order valence-electron chi connectivity index (χ0n) is 20.2. The molecule has 0 unspecified atom stereocenters. The van der Waals surface area contributed by atoms with Gasteiger partial charge in [-0.15, -0.1) is 0 Å². The Labute approximate surface area is 220 Å². The van der Waals surface area contributed by atoms with Gasteiger partial charge in [0, 0.05) is 45.1 Å². The Morgan fingerprint density at radius 2 is 1.59 bits per heavy atom. The summed E-state index contributed by atoms with van der Waals surface area (Å²) in [4.78, 5) is 32.6. The van der Waals surface area contributed by atoms with Gasteiger partial charge >= 0.3 is 0 Å². The summed E-state index contributed by atoms with van der Waals surface area (Å²) in [5.41, 5.74) is 2.65. The standard InChI is InChI=1S/C27H29ClN4O5/c28-22-3-1-2-4-23(22)31-13-15-32(16-14-31)27(36)25(34)24(33)26(35)30-17-19-5-7-21(8-6-19)37-18-20-9-11-29-12-10-20/h1-12,24-25,33-34H,13-18H2,(H,30,35)/t24-,25-/m1/s1. The maximum atomic E-state index is 12.7. The number of pyridine rings is 1. The second-order valence-electron chi connectivity index (χ2n) is 8.66. The normalized spacial score (nSPS) is 15.1. The van der Waals surface area contributed by atoms with Crippen LogP contribution in [0.4, 0.5) is 5.69 Å². The summed E-state index contributed by atoms with van der Waals surface area (Å²) in [6, 6.07) is 18.3. The Hall–Kier alpha value is -3.66. The summed E-state index contributed by atoms with van der Waals surface area (Å²) in [6.07, 6.45) is -0.329. The van der Waals surface area contributed by atoms with Crippen LogP contribution >= 0.6 is 11.6 Å². The van der Waals surface area contributed by atoms with E-state index in [2.05, 4.69) is 15.2 Å². The molecule has 1 saturated heterocycles. The average molecular weight is 525 g/mol. The first-order valence-corrected chi connectivity index (χ1v) is 12.3. The number of piperazine rings is 1. The number of halogens is 1. The number of carbonyl (C=O) groups is 2. The molecule has 3 aromatic rings. The van der Waals surface area contributed by atoms with Crippen molar-refractivity contribution >= 4 is 29.1 Å². The van der Waals surface area contributed by atoms with E-state index in [0.29, 0.717) is 43.6 Å². The number of rotatable bonds is 9. The monoisotopic (exact) mass is 524 g/mol. The number of benzene rings is 2. The van der Waals surface area contributed by atoms with Crippen molar-refractivity contribution in [1.29, 1.82) is 0 Å². The van der Waals surface area contributed by atoms with E-state index in [4.69, 9.17) is 16.3 Å². The van der Waals surface area contributed by atoms with E-state index in [1.54, 1.807) is 42.7 Å². The van der Waals surface area contributed by atoms with Crippen LogP contribution in [-0.2, 0) is 22.7 Å². The van der Waals surface area contributed by atoms with Crippen LogP contribution in [0.3, 0.4) is 0 Å². The summed E-state index contributed by atoms with van der Waals surface area (Å²) < 4.78 is 5.72. The number of aliphatic hydroxyl groups excluding tert-OH is 2. The van der Waals surface area contributed by atoms with Crippen molar-refractivity contribution in [3.63, 3.8) is 0 Å². The molecule has 0 radical (unpaired) electrons. The fourth-order valence-corrected chi connectivity index (χ4v) is 4.24. The number of ether oxygens (including phenoxy) is 1. The number of aliphatic hydroxyl groups is 2. The molecule has 2 heterocycles. The molecule has 37 heavy (non-hydrogen) atoms. The second-order valence-corrected chi connectivity index (χ2v) is 9.07. The Morgan fingerprint density at radius 3 is 2.27 bits per heavy atom. The molecule has 0 spiro atoms. The number of amides is 2. The highest BCUT2D eigenvalue weighted by molar-refractivity contribution is 6.33. The maximum Gasteiger partial charge on any atom is 0.254 e. The smallest absolute Gasteiger partial charge is 0.254 e. The molecule has 0 saturated carbocycles. The van der Waals surface area contributed by atoms with Crippen molar-refractivity contribution in [2.45, 2.75) is 25.4 Å². The van der Waals surface area contributed by atoms with Gasteiger partial charge in [-0.25, -0.2) is 0 Å². The molecule has 1 aromatic heterocycles. The molecule has 1 aliphatic rings. The van der Waals surface area contributed by atoms with Gasteiger partial charge in [-0.3, -0.25) is 14.6 Å². The van der Waals surface area contributed by atoms with Crippen LogP contribution in [0.5, 0.6) is 5.75 Å². The minimum atomic E-state index is -1.88. The molecule has 10 heteroatoms. The number of aromatic nitrogens is 1.